The molecule has 0 aromatic carbocycles. The van der Waals surface area contributed by atoms with E-state index < -0.39 is 5.97 Å². The van der Waals surface area contributed by atoms with E-state index in [0.29, 0.717) is 0 Å². The first-order valence-electron chi connectivity index (χ1n) is 2.69. The number of hydrogen-bond acceptors (Lipinski definition) is 3. The van der Waals surface area contributed by atoms with E-state index in [4.69, 9.17) is 5.26 Å². The second-order valence-corrected chi connectivity index (χ2v) is 1.16. The van der Waals surface area contributed by atoms with Crippen LogP contribution in [0.15, 0.2) is 12.2 Å². The molecule has 0 radical (unpaired) electrons. The highest BCUT2D eigenvalue weighted by molar-refractivity contribution is 5.86. The van der Waals surface area contributed by atoms with Crippen LogP contribution in [0.25, 0.3) is 0 Å². The summed E-state index contributed by atoms with van der Waals surface area (Å²) in [7, 11) is 0. The van der Waals surface area contributed by atoms with Gasteiger partial charge in [-0.1, -0.05) is 20.4 Å². The van der Waals surface area contributed by atoms with Crippen molar-refractivity contribution in [2.45, 2.75) is 20.8 Å². The third kappa shape index (κ3) is 7.17. The fourth-order valence-corrected chi connectivity index (χ4v) is 0.0779. The Labute approximate surface area is 54.9 Å². The van der Waals surface area contributed by atoms with Crippen molar-refractivity contribution in [3.05, 3.63) is 12.2 Å². The lowest BCUT2D eigenvalue weighted by Crippen LogP contribution is -1.99. The van der Waals surface area contributed by atoms with E-state index in [0.717, 1.165) is 0 Å². The highest BCUT2D eigenvalue weighted by atomic mass is 17.1. The standard InChI is InChI=1S/C4H6O3.C2H6/c1-3(2)4(5)7-6;1-2/h6H,1H2,2H3;1-2H3. The van der Waals surface area contributed by atoms with Gasteiger partial charge in [-0.05, 0) is 6.92 Å². The first-order chi connectivity index (χ1) is 4.18. The van der Waals surface area contributed by atoms with Gasteiger partial charge in [0.1, 0.15) is 0 Å². The van der Waals surface area contributed by atoms with Gasteiger partial charge in [0.25, 0.3) is 0 Å². The van der Waals surface area contributed by atoms with Gasteiger partial charge in [-0.3, -0.25) is 4.89 Å². The molecule has 3 heteroatoms. The van der Waals surface area contributed by atoms with E-state index >= 15 is 0 Å². The smallest absolute Gasteiger partial charge is 0.296 e. The Morgan fingerprint density at radius 3 is 1.89 bits per heavy atom. The van der Waals surface area contributed by atoms with Gasteiger partial charge < -0.3 is 0 Å². The number of carbonyl (C=O) groups is 1. The first kappa shape index (κ1) is 11.0. The maximum atomic E-state index is 9.94. The van der Waals surface area contributed by atoms with Crippen LogP contribution in [0.1, 0.15) is 20.8 Å². The zero-order valence-electron chi connectivity index (χ0n) is 5.97. The van der Waals surface area contributed by atoms with Gasteiger partial charge in [0.05, 0.1) is 0 Å². The molecule has 54 valence electrons. The highest BCUT2D eigenvalue weighted by Crippen LogP contribution is 1.86. The van der Waals surface area contributed by atoms with E-state index in [9.17, 15) is 4.79 Å². The van der Waals surface area contributed by atoms with E-state index in [1.165, 1.54) is 6.92 Å². The third-order valence-corrected chi connectivity index (χ3v) is 0.431. The Morgan fingerprint density at radius 2 is 1.89 bits per heavy atom. The second kappa shape index (κ2) is 7.17. The van der Waals surface area contributed by atoms with Crippen molar-refractivity contribution in [3.8, 4) is 0 Å². The van der Waals surface area contributed by atoms with Crippen molar-refractivity contribution >= 4 is 5.97 Å². The monoisotopic (exact) mass is 132 g/mol. The molecule has 0 amide bonds. The van der Waals surface area contributed by atoms with Crippen molar-refractivity contribution < 1.29 is 14.9 Å². The quantitative estimate of drug-likeness (QED) is 0.335. The zero-order chi connectivity index (χ0) is 7.86. The summed E-state index contributed by atoms with van der Waals surface area (Å²) in [5.74, 6) is -0.792. The highest BCUT2D eigenvalue weighted by Gasteiger charge is 1.98. The van der Waals surface area contributed by atoms with Crippen LogP contribution >= 0.6 is 0 Å². The van der Waals surface area contributed by atoms with Crippen molar-refractivity contribution in [1.29, 1.82) is 0 Å². The van der Waals surface area contributed by atoms with Crippen molar-refractivity contribution in [3.63, 3.8) is 0 Å². The van der Waals surface area contributed by atoms with Crippen LogP contribution in [0, 0.1) is 0 Å². The summed E-state index contributed by atoms with van der Waals surface area (Å²) >= 11 is 0. The molecule has 0 rings (SSSR count). The van der Waals surface area contributed by atoms with Crippen molar-refractivity contribution in [2.24, 2.45) is 0 Å². The van der Waals surface area contributed by atoms with Gasteiger partial charge in [0, 0.05) is 5.57 Å². The minimum absolute atomic E-state index is 0.183. The SMILES string of the molecule is C=C(C)C(=O)OO.CC. The maximum absolute atomic E-state index is 9.94. The van der Waals surface area contributed by atoms with Crippen LogP contribution in [0.3, 0.4) is 0 Å². The summed E-state index contributed by atoms with van der Waals surface area (Å²) in [6, 6.07) is 0. The predicted octanol–water partition coefficient (Wildman–Crippen LogP) is 1.60. The molecule has 0 atom stereocenters. The summed E-state index contributed by atoms with van der Waals surface area (Å²) in [4.78, 5) is 13.2. The molecule has 0 heterocycles. The van der Waals surface area contributed by atoms with Crippen LogP contribution in [-0.4, -0.2) is 11.2 Å². The predicted molar refractivity (Wildman–Crippen MR) is 34.9 cm³/mol. The van der Waals surface area contributed by atoms with Crippen molar-refractivity contribution in [2.75, 3.05) is 0 Å². The second-order valence-electron chi connectivity index (χ2n) is 1.16. The fraction of sp³-hybridized carbons (Fsp3) is 0.500. The molecule has 0 aliphatic carbocycles. The van der Waals surface area contributed by atoms with Gasteiger partial charge in [0.15, 0.2) is 0 Å². The normalized spacial score (nSPS) is 6.67. The average molecular weight is 132 g/mol. The molecule has 0 saturated heterocycles. The summed E-state index contributed by atoms with van der Waals surface area (Å²) in [5.41, 5.74) is 0.183. The molecule has 0 aliphatic heterocycles. The Bertz CT molecular complexity index is 96.5. The fourth-order valence-electron chi connectivity index (χ4n) is 0.0779. The molecule has 0 saturated carbocycles. The lowest BCUT2D eigenvalue weighted by Gasteiger charge is -1.88. The first-order valence-corrected chi connectivity index (χ1v) is 2.69. The molecule has 0 aromatic rings. The molecule has 0 unspecified atom stereocenters. The van der Waals surface area contributed by atoms with E-state index in [1.807, 2.05) is 13.8 Å². The molecular weight excluding hydrogens is 120 g/mol. The lowest BCUT2D eigenvalue weighted by atomic mass is 10.4. The van der Waals surface area contributed by atoms with Crippen LogP contribution in [0.4, 0.5) is 0 Å². The van der Waals surface area contributed by atoms with E-state index in [-0.39, 0.29) is 5.57 Å². The van der Waals surface area contributed by atoms with Gasteiger partial charge in [-0.15, -0.1) is 0 Å². The molecule has 3 nitrogen and oxygen atoms in total. The van der Waals surface area contributed by atoms with Gasteiger partial charge in [-0.2, -0.15) is 5.26 Å². The molecule has 0 spiro atoms. The number of hydrogen-bond donors (Lipinski definition) is 1. The molecule has 0 fully saturated rings. The van der Waals surface area contributed by atoms with Crippen LogP contribution in [0.5, 0.6) is 0 Å². The van der Waals surface area contributed by atoms with Gasteiger partial charge in [0.2, 0.25) is 0 Å². The van der Waals surface area contributed by atoms with Crippen LogP contribution in [0.2, 0.25) is 0 Å². The summed E-state index contributed by atoms with van der Waals surface area (Å²) in [5, 5.41) is 7.59. The zero-order valence-corrected chi connectivity index (χ0v) is 5.97. The number of carbonyl (C=O) groups excluding carboxylic acids is 1. The Kier molecular flexibility index (Phi) is 8.79. The van der Waals surface area contributed by atoms with Gasteiger partial charge in [-0.25, -0.2) is 4.79 Å². The Morgan fingerprint density at radius 1 is 1.56 bits per heavy atom. The molecule has 9 heavy (non-hydrogen) atoms. The van der Waals surface area contributed by atoms with Crippen LogP contribution in [-0.2, 0) is 9.68 Å². The number of rotatable bonds is 1. The minimum Gasteiger partial charge on any atom is -0.296 e. The molecule has 0 aromatic heterocycles. The molecular formula is C6H12O3. The third-order valence-electron chi connectivity index (χ3n) is 0.431. The summed E-state index contributed by atoms with van der Waals surface area (Å²) < 4.78 is 0. The average Bonchev–Trinajstić information content (AvgIpc) is 1.91. The molecule has 0 aliphatic rings. The van der Waals surface area contributed by atoms with E-state index in [1.54, 1.807) is 0 Å². The Hall–Kier alpha value is -0.830. The molecule has 1 N–H and O–H groups in total. The van der Waals surface area contributed by atoms with Crippen molar-refractivity contribution in [1.82, 2.24) is 0 Å². The largest absolute Gasteiger partial charge is 0.367 e. The lowest BCUT2D eigenvalue weighted by molar-refractivity contribution is -0.229. The van der Waals surface area contributed by atoms with E-state index in [2.05, 4.69) is 11.5 Å². The topological polar surface area (TPSA) is 46.5 Å². The van der Waals surface area contributed by atoms with Crippen LogP contribution < -0.4 is 0 Å². The minimum atomic E-state index is -0.792. The summed E-state index contributed by atoms with van der Waals surface area (Å²) in [6.45, 7) is 8.63. The Balaban J connectivity index is 0. The molecule has 0 bridgehead atoms. The summed E-state index contributed by atoms with van der Waals surface area (Å²) in [6.07, 6.45) is 0. The van der Waals surface area contributed by atoms with Gasteiger partial charge >= 0.3 is 5.97 Å². The maximum Gasteiger partial charge on any atom is 0.367 e.